The smallest absolute Gasteiger partial charge is 0.148 e. The van der Waals surface area contributed by atoms with E-state index in [2.05, 4.69) is 199 Å². The predicted octanol–water partition coefficient (Wildman–Crippen LogP) is 15.1. The molecule has 0 bridgehead atoms. The normalized spacial score (nSPS) is 11.7. The molecule has 0 saturated carbocycles. The molecule has 7 aromatic carbocycles. The summed E-state index contributed by atoms with van der Waals surface area (Å²) in [4.78, 5) is 10.5. The second-order valence-corrected chi connectivity index (χ2v) is 18.6. The zero-order valence-electron chi connectivity index (χ0n) is 37.2. The summed E-state index contributed by atoms with van der Waals surface area (Å²) >= 11 is 0. The van der Waals surface area contributed by atoms with Crippen molar-refractivity contribution in [2.45, 2.75) is 66.2 Å². The van der Waals surface area contributed by atoms with E-state index in [0.717, 1.165) is 83.6 Å². The van der Waals surface area contributed by atoms with Crippen LogP contribution in [-0.4, -0.2) is 19.6 Å². The van der Waals surface area contributed by atoms with Crippen LogP contribution in [0.1, 0.15) is 63.8 Å². The number of fused-ring (bicyclic) bond motifs is 1. The summed E-state index contributed by atoms with van der Waals surface area (Å²) in [6, 6.07) is 59.6. The van der Waals surface area contributed by atoms with E-state index < -0.39 is 0 Å². The van der Waals surface area contributed by atoms with Gasteiger partial charge in [0.1, 0.15) is 11.6 Å². The largest absolute Gasteiger partial charge is 0.507 e. The van der Waals surface area contributed by atoms with Gasteiger partial charge in [0.2, 0.25) is 0 Å². The van der Waals surface area contributed by atoms with Crippen molar-refractivity contribution in [2.75, 3.05) is 0 Å². The number of para-hydroxylation sites is 1. The van der Waals surface area contributed by atoms with Crippen LogP contribution in [0.15, 0.2) is 164 Å². The number of aryl methyl sites for hydroxylation is 2. The molecule has 316 valence electrons. The Balaban J connectivity index is 0.00000544. The Kier molecular flexibility index (Phi) is 11.7. The summed E-state index contributed by atoms with van der Waals surface area (Å²) < 4.78 is 2.27. The van der Waals surface area contributed by atoms with Crippen LogP contribution in [0, 0.1) is 19.9 Å². The van der Waals surface area contributed by atoms with Crippen LogP contribution in [0.5, 0.6) is 5.75 Å². The minimum atomic E-state index is -0.123. The van der Waals surface area contributed by atoms with Gasteiger partial charge < -0.3 is 5.11 Å². The number of benzene rings is 7. The number of aromatic nitrogens is 3. The number of rotatable bonds is 7. The molecule has 0 aliphatic rings. The van der Waals surface area contributed by atoms with Crippen molar-refractivity contribution in [1.29, 1.82) is 0 Å². The summed E-state index contributed by atoms with van der Waals surface area (Å²) in [5.41, 5.74) is 17.8. The van der Waals surface area contributed by atoms with Crippen molar-refractivity contribution in [2.24, 2.45) is 0 Å². The third kappa shape index (κ3) is 8.58. The Morgan fingerprint density at radius 1 is 0.524 bits per heavy atom. The van der Waals surface area contributed by atoms with Gasteiger partial charge in [-0.1, -0.05) is 180 Å². The maximum atomic E-state index is 11.9. The van der Waals surface area contributed by atoms with E-state index in [1.807, 2.05) is 31.3 Å². The molecule has 2 heterocycles. The van der Waals surface area contributed by atoms with Crippen LogP contribution >= 0.6 is 0 Å². The third-order valence-electron chi connectivity index (χ3n) is 11.9. The molecule has 0 amide bonds. The molecular formula is C58H52N3OPt-. The van der Waals surface area contributed by atoms with Gasteiger partial charge in [-0.05, 0) is 93.5 Å². The molecule has 0 saturated heterocycles. The first-order chi connectivity index (χ1) is 29.7. The first kappa shape index (κ1) is 43.3. The molecule has 2 aromatic heterocycles. The van der Waals surface area contributed by atoms with E-state index in [1.165, 1.54) is 11.1 Å². The SMILES string of the molecule is Cc1cc(C)c(O)c(-c2nc3c(-c4[c-]c(-c5cc(-c6ccccc6)ccn5)cc(-c5ccccc5)c4)cccc3n2-c2cc(C(C)(C)C)ccc2-c2ccc(C(C)(C)C)cc2)c1.[Pt]. The number of phenols is 1. The fraction of sp³-hybridized carbons (Fsp3) is 0.172. The molecule has 5 heteroatoms. The molecule has 0 atom stereocenters. The molecule has 63 heavy (non-hydrogen) atoms. The average Bonchev–Trinajstić information content (AvgIpc) is 3.67. The average molecular weight is 1000 g/mol. The molecular weight excluding hydrogens is 950 g/mol. The molecule has 0 aliphatic carbocycles. The van der Waals surface area contributed by atoms with Gasteiger partial charge in [-0.15, -0.1) is 23.8 Å². The molecule has 4 nitrogen and oxygen atoms in total. The fourth-order valence-electron chi connectivity index (χ4n) is 8.49. The number of aromatic hydroxyl groups is 1. The van der Waals surface area contributed by atoms with Gasteiger partial charge in [0, 0.05) is 38.5 Å². The molecule has 9 rings (SSSR count). The van der Waals surface area contributed by atoms with E-state index in [9.17, 15) is 5.11 Å². The van der Waals surface area contributed by atoms with Crippen molar-refractivity contribution >= 4 is 11.0 Å². The molecule has 0 spiro atoms. The van der Waals surface area contributed by atoms with Crippen molar-refractivity contribution in [3.8, 4) is 78.6 Å². The molecule has 0 fully saturated rings. The second kappa shape index (κ2) is 17.1. The summed E-state index contributed by atoms with van der Waals surface area (Å²) in [5, 5.41) is 11.9. The second-order valence-electron chi connectivity index (χ2n) is 18.6. The zero-order chi connectivity index (χ0) is 43.3. The van der Waals surface area contributed by atoms with Gasteiger partial charge in [-0.3, -0.25) is 9.55 Å². The molecule has 0 unspecified atom stereocenters. The summed E-state index contributed by atoms with van der Waals surface area (Å²) in [6.07, 6.45) is 1.88. The van der Waals surface area contributed by atoms with Crippen LogP contribution in [0.25, 0.3) is 83.9 Å². The van der Waals surface area contributed by atoms with Crippen molar-refractivity contribution in [3.63, 3.8) is 0 Å². The maximum absolute atomic E-state index is 11.9. The number of nitrogens with zero attached hydrogens (tertiary/aromatic N) is 3. The molecule has 0 aliphatic heterocycles. The van der Waals surface area contributed by atoms with E-state index >= 15 is 0 Å². The monoisotopic (exact) mass is 1000 g/mol. The quantitative estimate of drug-likeness (QED) is 0.162. The van der Waals surface area contributed by atoms with Gasteiger partial charge >= 0.3 is 0 Å². The number of phenolic OH excluding ortho intramolecular Hbond substituents is 1. The van der Waals surface area contributed by atoms with E-state index in [0.29, 0.717) is 11.4 Å². The number of hydrogen-bond acceptors (Lipinski definition) is 3. The maximum Gasteiger partial charge on any atom is 0.148 e. The van der Waals surface area contributed by atoms with E-state index in [1.54, 1.807) is 0 Å². The third-order valence-corrected chi connectivity index (χ3v) is 11.9. The van der Waals surface area contributed by atoms with Gasteiger partial charge in [0.15, 0.2) is 0 Å². The minimum Gasteiger partial charge on any atom is -0.507 e. The summed E-state index contributed by atoms with van der Waals surface area (Å²) in [7, 11) is 0. The van der Waals surface area contributed by atoms with Crippen LogP contribution < -0.4 is 0 Å². The zero-order valence-corrected chi connectivity index (χ0v) is 39.5. The van der Waals surface area contributed by atoms with E-state index in [-0.39, 0.29) is 37.6 Å². The Morgan fingerprint density at radius 2 is 1.16 bits per heavy atom. The Labute approximate surface area is 386 Å². The minimum absolute atomic E-state index is 0. The summed E-state index contributed by atoms with van der Waals surface area (Å²) in [5.74, 6) is 0.896. The predicted molar refractivity (Wildman–Crippen MR) is 259 cm³/mol. The Morgan fingerprint density at radius 3 is 1.83 bits per heavy atom. The van der Waals surface area contributed by atoms with Crippen LogP contribution in [-0.2, 0) is 31.9 Å². The van der Waals surface area contributed by atoms with Gasteiger partial charge in [-0.25, -0.2) is 4.98 Å². The van der Waals surface area contributed by atoms with Crippen molar-refractivity contribution in [1.82, 2.24) is 14.5 Å². The van der Waals surface area contributed by atoms with Gasteiger partial charge in [0.05, 0.1) is 22.3 Å². The van der Waals surface area contributed by atoms with Crippen LogP contribution in [0.4, 0.5) is 0 Å². The molecule has 9 aromatic rings. The molecule has 0 radical (unpaired) electrons. The van der Waals surface area contributed by atoms with E-state index in [4.69, 9.17) is 9.97 Å². The van der Waals surface area contributed by atoms with Gasteiger partial charge in [0.25, 0.3) is 0 Å². The topological polar surface area (TPSA) is 50.9 Å². The molecule has 1 N–H and O–H groups in total. The Bertz CT molecular complexity index is 3100. The Hall–Kier alpha value is -6.35. The van der Waals surface area contributed by atoms with Gasteiger partial charge in [-0.2, -0.15) is 0 Å². The number of imidazole rings is 1. The fourth-order valence-corrected chi connectivity index (χ4v) is 8.49. The first-order valence-electron chi connectivity index (χ1n) is 21.5. The van der Waals surface area contributed by atoms with Crippen molar-refractivity contribution < 1.29 is 26.2 Å². The number of pyridine rings is 1. The van der Waals surface area contributed by atoms with Crippen molar-refractivity contribution in [3.05, 3.63) is 192 Å². The summed E-state index contributed by atoms with van der Waals surface area (Å²) in [6.45, 7) is 17.5. The van der Waals surface area contributed by atoms with Crippen LogP contribution in [0.3, 0.4) is 0 Å². The number of hydrogen-bond donors (Lipinski definition) is 1. The first-order valence-corrected chi connectivity index (χ1v) is 21.5. The standard InChI is InChI=1S/C58H52N3O.Pt/c1-37-30-38(2)55(62)50(31-37)56-60-54-49(44-32-43(40-18-13-10-14-19-40)33-45(34-44)51-35-42(28-29-59-51)39-16-11-9-12-17-39)20-15-21-52(54)61(56)53-36-47(58(6,7)8)26-27-48(53)41-22-24-46(25-23-41)57(3,4)5;/h9-33,35-36,62H,1-8H3;/q-1;. The van der Waals surface area contributed by atoms with Crippen LogP contribution in [0.2, 0.25) is 0 Å².